The maximum Gasteiger partial charge on any atom is 0.229 e. The van der Waals surface area contributed by atoms with E-state index in [-0.39, 0.29) is 43.2 Å². The fourth-order valence-corrected chi connectivity index (χ4v) is 2.82. The standard InChI is InChI=1S/C18H29N5O2.2ClH/c1-4-22(5-2)10-11-23-16-9-7-6-8-15(16)20-18(23)21-17(24)12-14(13-19)25-3;;/h6-9,14H,4-5,10-13,19H2,1-3H3,(H,20,21,24);2*1H. The first-order valence-corrected chi connectivity index (χ1v) is 8.83. The van der Waals surface area contributed by atoms with E-state index in [0.717, 1.165) is 37.2 Å². The van der Waals surface area contributed by atoms with Gasteiger partial charge in [0.2, 0.25) is 11.9 Å². The van der Waals surface area contributed by atoms with Crippen molar-refractivity contribution in [2.75, 3.05) is 38.6 Å². The third-order valence-corrected chi connectivity index (χ3v) is 4.45. The molecule has 2 rings (SSSR count). The largest absolute Gasteiger partial charge is 0.380 e. The number of benzene rings is 1. The Morgan fingerprint density at radius 1 is 1.30 bits per heavy atom. The maximum atomic E-state index is 12.3. The molecule has 1 aromatic heterocycles. The number of nitrogens with two attached hydrogens (primary N) is 1. The number of carbonyl (C=O) groups is 1. The Labute approximate surface area is 173 Å². The van der Waals surface area contributed by atoms with Crippen LogP contribution in [0.15, 0.2) is 24.3 Å². The molecule has 0 radical (unpaired) electrons. The number of halogens is 2. The van der Waals surface area contributed by atoms with Crippen LogP contribution in [0.1, 0.15) is 20.3 Å². The normalized spacial score (nSPS) is 11.7. The average molecular weight is 420 g/mol. The minimum atomic E-state index is -0.284. The van der Waals surface area contributed by atoms with Crippen LogP contribution in [0.5, 0.6) is 0 Å². The number of hydrogen-bond donors (Lipinski definition) is 2. The molecule has 9 heteroatoms. The van der Waals surface area contributed by atoms with Gasteiger partial charge in [0.1, 0.15) is 0 Å². The Bertz CT molecular complexity index is 687. The third-order valence-electron chi connectivity index (χ3n) is 4.45. The summed E-state index contributed by atoms with van der Waals surface area (Å²) in [6.07, 6.45) is -0.0693. The highest BCUT2D eigenvalue weighted by molar-refractivity contribution is 5.91. The summed E-state index contributed by atoms with van der Waals surface area (Å²) in [4.78, 5) is 19.2. The third kappa shape index (κ3) is 6.93. The lowest BCUT2D eigenvalue weighted by Gasteiger charge is -2.19. The average Bonchev–Trinajstić information content (AvgIpc) is 2.97. The summed E-state index contributed by atoms with van der Waals surface area (Å²) < 4.78 is 7.25. The molecule has 1 amide bonds. The Morgan fingerprint density at radius 2 is 1.96 bits per heavy atom. The molecule has 0 fully saturated rings. The topological polar surface area (TPSA) is 85.4 Å². The summed E-state index contributed by atoms with van der Waals surface area (Å²) in [5, 5.41) is 2.92. The van der Waals surface area contributed by atoms with Gasteiger partial charge in [-0.25, -0.2) is 4.98 Å². The fourth-order valence-electron chi connectivity index (χ4n) is 2.82. The van der Waals surface area contributed by atoms with Gasteiger partial charge in [-0.2, -0.15) is 0 Å². The summed E-state index contributed by atoms with van der Waals surface area (Å²) in [6, 6.07) is 7.92. The molecule has 0 aliphatic rings. The van der Waals surface area contributed by atoms with Crippen molar-refractivity contribution >= 4 is 47.7 Å². The lowest BCUT2D eigenvalue weighted by molar-refractivity contribution is -0.118. The van der Waals surface area contributed by atoms with Crippen molar-refractivity contribution in [2.24, 2.45) is 5.73 Å². The number of likely N-dealkylation sites (N-methyl/N-ethyl adjacent to an activating group) is 1. The number of nitrogens with zero attached hydrogens (tertiary/aromatic N) is 3. The van der Waals surface area contributed by atoms with E-state index < -0.39 is 0 Å². The van der Waals surface area contributed by atoms with Crippen molar-refractivity contribution in [3.05, 3.63) is 24.3 Å². The first-order valence-electron chi connectivity index (χ1n) is 8.83. The second kappa shape index (κ2) is 12.9. The van der Waals surface area contributed by atoms with Crippen LogP contribution in [0.4, 0.5) is 5.95 Å². The zero-order valence-electron chi connectivity index (χ0n) is 16.2. The number of para-hydroxylation sites is 2. The van der Waals surface area contributed by atoms with Gasteiger partial charge >= 0.3 is 0 Å². The molecule has 7 nitrogen and oxygen atoms in total. The van der Waals surface area contributed by atoms with E-state index in [1.807, 2.05) is 24.3 Å². The van der Waals surface area contributed by atoms with Gasteiger partial charge in [-0.3, -0.25) is 10.1 Å². The van der Waals surface area contributed by atoms with E-state index in [0.29, 0.717) is 12.5 Å². The van der Waals surface area contributed by atoms with Crippen LogP contribution in [0.2, 0.25) is 0 Å². The molecule has 0 aliphatic carbocycles. The van der Waals surface area contributed by atoms with Gasteiger partial charge in [0.25, 0.3) is 0 Å². The van der Waals surface area contributed by atoms with Crippen LogP contribution >= 0.6 is 24.8 Å². The van der Waals surface area contributed by atoms with Crippen LogP contribution in [0, 0.1) is 0 Å². The van der Waals surface area contributed by atoms with E-state index in [4.69, 9.17) is 10.5 Å². The molecular formula is C18H31Cl2N5O2. The molecule has 0 aliphatic heterocycles. The number of rotatable bonds is 10. The lowest BCUT2D eigenvalue weighted by Crippen LogP contribution is -2.30. The second-order valence-corrected chi connectivity index (χ2v) is 5.95. The number of imidazole rings is 1. The van der Waals surface area contributed by atoms with Crippen LogP contribution in [0.25, 0.3) is 11.0 Å². The number of ether oxygens (including phenoxy) is 1. The first kappa shape index (κ1) is 25.6. The summed E-state index contributed by atoms with van der Waals surface area (Å²) in [6.45, 7) is 8.27. The number of amides is 1. The molecule has 1 unspecified atom stereocenters. The van der Waals surface area contributed by atoms with E-state index >= 15 is 0 Å². The Kier molecular flexibility index (Phi) is 12.2. The van der Waals surface area contributed by atoms with Gasteiger partial charge in [-0.1, -0.05) is 26.0 Å². The number of anilines is 1. The molecule has 0 saturated heterocycles. The SMILES string of the molecule is CCN(CC)CCn1c(NC(=O)CC(CN)OC)nc2ccccc21.Cl.Cl. The Hall–Kier alpha value is -1.38. The predicted molar refractivity (Wildman–Crippen MR) is 115 cm³/mol. The minimum absolute atomic E-state index is 0. The van der Waals surface area contributed by atoms with Gasteiger partial charge in [-0.05, 0) is 25.2 Å². The predicted octanol–water partition coefficient (Wildman–Crippen LogP) is 2.52. The molecule has 1 aromatic carbocycles. The van der Waals surface area contributed by atoms with Gasteiger partial charge in [0.15, 0.2) is 0 Å². The smallest absolute Gasteiger partial charge is 0.229 e. The van der Waals surface area contributed by atoms with E-state index in [1.165, 1.54) is 0 Å². The van der Waals surface area contributed by atoms with Crippen molar-refractivity contribution in [1.82, 2.24) is 14.5 Å². The number of aromatic nitrogens is 2. The quantitative estimate of drug-likeness (QED) is 0.617. The summed E-state index contributed by atoms with van der Waals surface area (Å²) >= 11 is 0. The number of fused-ring (bicyclic) bond motifs is 1. The number of methoxy groups -OCH3 is 1. The highest BCUT2D eigenvalue weighted by Crippen LogP contribution is 2.20. The van der Waals surface area contributed by atoms with Crippen molar-refractivity contribution in [2.45, 2.75) is 32.9 Å². The van der Waals surface area contributed by atoms with Gasteiger partial charge in [0.05, 0.1) is 23.6 Å². The number of carbonyl (C=O) groups excluding carboxylic acids is 1. The van der Waals surface area contributed by atoms with Crippen LogP contribution in [-0.2, 0) is 16.1 Å². The van der Waals surface area contributed by atoms with Crippen LogP contribution in [0.3, 0.4) is 0 Å². The molecule has 0 saturated carbocycles. The molecular weight excluding hydrogens is 389 g/mol. The number of hydrogen-bond acceptors (Lipinski definition) is 5. The minimum Gasteiger partial charge on any atom is -0.380 e. The Morgan fingerprint density at radius 3 is 2.56 bits per heavy atom. The van der Waals surface area contributed by atoms with Crippen molar-refractivity contribution < 1.29 is 9.53 Å². The van der Waals surface area contributed by atoms with Gasteiger partial charge in [0, 0.05) is 26.7 Å². The monoisotopic (exact) mass is 419 g/mol. The molecule has 3 N–H and O–H groups in total. The highest BCUT2D eigenvalue weighted by Gasteiger charge is 2.16. The molecule has 1 heterocycles. The molecule has 27 heavy (non-hydrogen) atoms. The summed E-state index contributed by atoms with van der Waals surface area (Å²) in [5.41, 5.74) is 7.49. The molecule has 154 valence electrons. The van der Waals surface area contributed by atoms with E-state index in [1.54, 1.807) is 7.11 Å². The van der Waals surface area contributed by atoms with Crippen molar-refractivity contribution in [1.29, 1.82) is 0 Å². The van der Waals surface area contributed by atoms with Crippen molar-refractivity contribution in [3.63, 3.8) is 0 Å². The number of nitrogens with one attached hydrogen (secondary N) is 1. The van der Waals surface area contributed by atoms with Crippen LogP contribution in [-0.4, -0.2) is 59.8 Å². The molecule has 1 atom stereocenters. The van der Waals surface area contributed by atoms with Crippen LogP contribution < -0.4 is 11.1 Å². The second-order valence-electron chi connectivity index (χ2n) is 5.95. The first-order chi connectivity index (χ1) is 12.1. The van der Waals surface area contributed by atoms with Gasteiger partial charge < -0.3 is 19.9 Å². The molecule has 2 aromatic rings. The Balaban J connectivity index is 0.00000338. The lowest BCUT2D eigenvalue weighted by atomic mass is 10.2. The molecule has 0 spiro atoms. The summed E-state index contributed by atoms with van der Waals surface area (Å²) in [7, 11) is 1.56. The fraction of sp³-hybridized carbons (Fsp3) is 0.556. The molecule has 0 bridgehead atoms. The van der Waals surface area contributed by atoms with Gasteiger partial charge in [-0.15, -0.1) is 24.8 Å². The van der Waals surface area contributed by atoms with Crippen molar-refractivity contribution in [3.8, 4) is 0 Å². The van der Waals surface area contributed by atoms with E-state index in [2.05, 4.69) is 33.6 Å². The van der Waals surface area contributed by atoms with E-state index in [9.17, 15) is 4.79 Å². The highest BCUT2D eigenvalue weighted by atomic mass is 35.5. The zero-order chi connectivity index (χ0) is 18.2. The zero-order valence-corrected chi connectivity index (χ0v) is 17.8. The maximum absolute atomic E-state index is 12.3. The summed E-state index contributed by atoms with van der Waals surface area (Å²) in [5.74, 6) is 0.432.